The zero-order chi connectivity index (χ0) is 10.1. The molecule has 0 aliphatic heterocycles. The molecule has 0 radical (unpaired) electrons. The quantitative estimate of drug-likeness (QED) is 0.602. The fourth-order valence-electron chi connectivity index (χ4n) is 1.80. The Morgan fingerprint density at radius 2 is 1.92 bits per heavy atom. The lowest BCUT2D eigenvalue weighted by Gasteiger charge is -2.45. The first kappa shape index (κ1) is 10.4. The maximum atomic E-state index is 10.9. The zero-order valence-corrected chi connectivity index (χ0v) is 7.69. The van der Waals surface area contributed by atoms with Crippen molar-refractivity contribution in [3.63, 3.8) is 0 Å². The highest BCUT2D eigenvalue weighted by molar-refractivity contribution is 5.76. The Balaban J connectivity index is 2.74. The summed E-state index contributed by atoms with van der Waals surface area (Å²) in [5.41, 5.74) is -1.07. The van der Waals surface area contributed by atoms with Crippen molar-refractivity contribution in [3.05, 3.63) is 0 Å². The molecule has 1 rings (SSSR count). The van der Waals surface area contributed by atoms with Crippen molar-refractivity contribution in [1.29, 1.82) is 0 Å². The van der Waals surface area contributed by atoms with Gasteiger partial charge in [-0.3, -0.25) is 4.79 Å². The molecule has 5 heteroatoms. The van der Waals surface area contributed by atoms with E-state index in [1.165, 1.54) is 14.2 Å². The van der Waals surface area contributed by atoms with Crippen LogP contribution in [-0.4, -0.2) is 42.8 Å². The van der Waals surface area contributed by atoms with E-state index >= 15 is 0 Å². The third kappa shape index (κ3) is 1.54. The second kappa shape index (κ2) is 3.61. The number of rotatable bonds is 4. The van der Waals surface area contributed by atoms with Crippen LogP contribution >= 0.6 is 0 Å². The number of carbonyl (C=O) groups is 1. The van der Waals surface area contributed by atoms with E-state index in [9.17, 15) is 4.79 Å². The number of ether oxygens (including phenoxy) is 2. The van der Waals surface area contributed by atoms with Gasteiger partial charge >= 0.3 is 5.97 Å². The topological polar surface area (TPSA) is 76.0 Å². The van der Waals surface area contributed by atoms with Gasteiger partial charge in [-0.05, 0) is 12.8 Å². The number of carboxylic acids is 1. The Morgan fingerprint density at radius 3 is 2.15 bits per heavy atom. The van der Waals surface area contributed by atoms with Crippen molar-refractivity contribution >= 4 is 5.97 Å². The lowest BCUT2D eigenvalue weighted by molar-refractivity contribution is -0.234. The van der Waals surface area contributed by atoms with Crippen molar-refractivity contribution in [3.8, 4) is 0 Å². The first-order chi connectivity index (χ1) is 6.06. The van der Waals surface area contributed by atoms with Crippen LogP contribution in [0.4, 0.5) is 0 Å². The number of aliphatic carboxylic acids is 1. The third-order valence-electron chi connectivity index (χ3n) is 2.51. The molecule has 2 N–H and O–H groups in total. The van der Waals surface area contributed by atoms with Crippen LogP contribution in [0.15, 0.2) is 0 Å². The fraction of sp³-hybridized carbons (Fsp3) is 0.875. The smallest absolute Gasteiger partial charge is 0.315 e. The minimum Gasteiger partial charge on any atom is -0.481 e. The summed E-state index contributed by atoms with van der Waals surface area (Å²) in [4.78, 5) is 10.9. The molecule has 0 aromatic rings. The van der Waals surface area contributed by atoms with E-state index < -0.39 is 23.8 Å². The molecular formula is C8H14O5. The molecule has 13 heavy (non-hydrogen) atoms. The van der Waals surface area contributed by atoms with Crippen molar-refractivity contribution in [1.82, 2.24) is 0 Å². The number of aliphatic hydroxyl groups is 1. The molecular weight excluding hydrogens is 176 g/mol. The minimum absolute atomic E-state index is 0.189. The standard InChI is InChI=1S/C8H14O5/c1-12-7(13-2)8(6(10)11)3-5(9)4-8/h5,7,9H,3-4H2,1-2H3,(H,10,11). The summed E-state index contributed by atoms with van der Waals surface area (Å²) in [6, 6.07) is 0. The SMILES string of the molecule is COC(OC)C1(C(=O)O)CC(O)C1. The number of aliphatic hydroxyl groups excluding tert-OH is 1. The van der Waals surface area contributed by atoms with Crippen LogP contribution in [0.2, 0.25) is 0 Å². The van der Waals surface area contributed by atoms with Gasteiger partial charge in [0, 0.05) is 14.2 Å². The second-order valence-corrected chi connectivity index (χ2v) is 3.33. The van der Waals surface area contributed by atoms with Crippen LogP contribution in [0, 0.1) is 5.41 Å². The molecule has 0 unspecified atom stereocenters. The summed E-state index contributed by atoms with van der Waals surface area (Å²) in [7, 11) is 2.78. The summed E-state index contributed by atoms with van der Waals surface area (Å²) in [6.07, 6.45) is -0.958. The van der Waals surface area contributed by atoms with Crippen molar-refractivity contribution < 1.29 is 24.5 Å². The van der Waals surface area contributed by atoms with Gasteiger partial charge in [-0.25, -0.2) is 0 Å². The number of methoxy groups -OCH3 is 2. The van der Waals surface area contributed by atoms with Crippen LogP contribution in [0.3, 0.4) is 0 Å². The van der Waals surface area contributed by atoms with E-state index in [4.69, 9.17) is 19.7 Å². The maximum absolute atomic E-state index is 10.9. The van der Waals surface area contributed by atoms with Crippen LogP contribution in [-0.2, 0) is 14.3 Å². The van der Waals surface area contributed by atoms with Gasteiger partial charge in [0.1, 0.15) is 5.41 Å². The molecule has 0 spiro atoms. The lowest BCUT2D eigenvalue weighted by atomic mass is 9.66. The molecule has 0 amide bonds. The molecule has 1 fully saturated rings. The van der Waals surface area contributed by atoms with E-state index in [0.29, 0.717) is 0 Å². The molecule has 0 aromatic heterocycles. The van der Waals surface area contributed by atoms with Gasteiger partial charge in [-0.2, -0.15) is 0 Å². The second-order valence-electron chi connectivity index (χ2n) is 3.33. The lowest BCUT2D eigenvalue weighted by Crippen LogP contribution is -2.55. The average molecular weight is 190 g/mol. The summed E-state index contributed by atoms with van der Waals surface area (Å²) in [6.45, 7) is 0. The van der Waals surface area contributed by atoms with E-state index in [1.807, 2.05) is 0 Å². The molecule has 76 valence electrons. The highest BCUT2D eigenvalue weighted by atomic mass is 16.7. The molecule has 1 aliphatic rings. The third-order valence-corrected chi connectivity index (χ3v) is 2.51. The summed E-state index contributed by atoms with van der Waals surface area (Å²) in [5.74, 6) is -0.980. The molecule has 1 aliphatic carbocycles. The van der Waals surface area contributed by atoms with Gasteiger partial charge in [0.2, 0.25) is 0 Å². The highest BCUT2D eigenvalue weighted by Gasteiger charge is 2.56. The van der Waals surface area contributed by atoms with E-state index in [1.54, 1.807) is 0 Å². The van der Waals surface area contributed by atoms with Gasteiger partial charge in [0.25, 0.3) is 0 Å². The Morgan fingerprint density at radius 1 is 1.46 bits per heavy atom. The van der Waals surface area contributed by atoms with Gasteiger partial charge in [-0.1, -0.05) is 0 Å². The molecule has 0 atom stereocenters. The van der Waals surface area contributed by atoms with Gasteiger partial charge < -0.3 is 19.7 Å². The summed E-state index contributed by atoms with van der Waals surface area (Å²) < 4.78 is 9.80. The van der Waals surface area contributed by atoms with E-state index in [-0.39, 0.29) is 12.8 Å². The predicted molar refractivity (Wildman–Crippen MR) is 43.1 cm³/mol. The van der Waals surface area contributed by atoms with Crippen molar-refractivity contribution in [2.45, 2.75) is 25.2 Å². The predicted octanol–water partition coefficient (Wildman–Crippen LogP) is -0.169. The normalized spacial score (nSPS) is 33.1. The van der Waals surface area contributed by atoms with Crippen molar-refractivity contribution in [2.75, 3.05) is 14.2 Å². The number of hydrogen-bond donors (Lipinski definition) is 2. The van der Waals surface area contributed by atoms with Crippen LogP contribution in [0.25, 0.3) is 0 Å². The largest absolute Gasteiger partial charge is 0.481 e. The molecule has 0 saturated heterocycles. The van der Waals surface area contributed by atoms with Gasteiger partial charge in [-0.15, -0.1) is 0 Å². The molecule has 0 heterocycles. The summed E-state index contributed by atoms with van der Waals surface area (Å²) >= 11 is 0. The Hall–Kier alpha value is -0.650. The molecule has 5 nitrogen and oxygen atoms in total. The first-order valence-corrected chi connectivity index (χ1v) is 4.04. The molecule has 0 aromatic carbocycles. The van der Waals surface area contributed by atoms with Crippen LogP contribution in [0.1, 0.15) is 12.8 Å². The average Bonchev–Trinajstić information content (AvgIpc) is 2.02. The van der Waals surface area contributed by atoms with Gasteiger partial charge in [0.15, 0.2) is 6.29 Å². The zero-order valence-electron chi connectivity index (χ0n) is 7.69. The van der Waals surface area contributed by atoms with Gasteiger partial charge in [0.05, 0.1) is 6.10 Å². The number of hydrogen-bond acceptors (Lipinski definition) is 4. The Labute approximate surface area is 76.3 Å². The molecule has 1 saturated carbocycles. The number of carboxylic acid groups (broad SMARTS) is 1. The highest BCUT2D eigenvalue weighted by Crippen LogP contribution is 2.45. The maximum Gasteiger partial charge on any atom is 0.315 e. The Bertz CT molecular complexity index is 193. The minimum atomic E-state index is -1.07. The van der Waals surface area contributed by atoms with Crippen LogP contribution in [0.5, 0.6) is 0 Å². The summed E-state index contributed by atoms with van der Waals surface area (Å²) in [5, 5.41) is 18.1. The monoisotopic (exact) mass is 190 g/mol. The van der Waals surface area contributed by atoms with Crippen molar-refractivity contribution in [2.24, 2.45) is 5.41 Å². The Kier molecular flexibility index (Phi) is 2.90. The molecule has 0 bridgehead atoms. The van der Waals surface area contributed by atoms with E-state index in [0.717, 1.165) is 0 Å². The fourth-order valence-corrected chi connectivity index (χ4v) is 1.80. The van der Waals surface area contributed by atoms with E-state index in [2.05, 4.69) is 0 Å². The first-order valence-electron chi connectivity index (χ1n) is 4.04. The van der Waals surface area contributed by atoms with Crippen LogP contribution < -0.4 is 0 Å².